The molecular formula is C13H20ClN5O2. The maximum atomic E-state index is 12.1. The van der Waals surface area contributed by atoms with Crippen LogP contribution in [0.5, 0.6) is 0 Å². The number of halogens is 1. The monoisotopic (exact) mass is 313 g/mol. The number of aromatic nitrogens is 1. The molecule has 1 unspecified atom stereocenters. The quantitative estimate of drug-likeness (QED) is 0.416. The highest BCUT2D eigenvalue weighted by Crippen LogP contribution is 2.13. The Bertz CT molecular complexity index is 499. The van der Waals surface area contributed by atoms with Gasteiger partial charge < -0.3 is 15.5 Å². The van der Waals surface area contributed by atoms with Gasteiger partial charge in [-0.25, -0.2) is 10.8 Å². The molecule has 1 fully saturated rings. The first-order valence-electron chi connectivity index (χ1n) is 6.88. The zero-order valence-corrected chi connectivity index (χ0v) is 12.7. The highest BCUT2D eigenvalue weighted by Gasteiger charge is 2.20. The van der Waals surface area contributed by atoms with Gasteiger partial charge in [-0.3, -0.25) is 9.69 Å². The van der Waals surface area contributed by atoms with Gasteiger partial charge in [0.05, 0.1) is 12.7 Å². The van der Waals surface area contributed by atoms with Crippen molar-refractivity contribution in [3.63, 3.8) is 0 Å². The molecule has 0 aromatic carbocycles. The van der Waals surface area contributed by atoms with Gasteiger partial charge in [0.2, 0.25) is 0 Å². The van der Waals surface area contributed by atoms with Crippen molar-refractivity contribution in [3.05, 3.63) is 22.8 Å². The third-order valence-electron chi connectivity index (χ3n) is 3.36. The van der Waals surface area contributed by atoms with E-state index in [-0.39, 0.29) is 17.2 Å². The molecule has 2 rings (SSSR count). The second-order valence-electron chi connectivity index (χ2n) is 4.80. The first kappa shape index (κ1) is 16.0. The van der Waals surface area contributed by atoms with Gasteiger partial charge >= 0.3 is 0 Å². The van der Waals surface area contributed by atoms with E-state index in [1.807, 2.05) is 0 Å². The SMILES string of the molecule is CCN1CCOC(CNC(=O)c2cc(Cl)nc(NN)c2)C1. The van der Waals surface area contributed by atoms with E-state index in [0.717, 1.165) is 19.6 Å². The molecule has 4 N–H and O–H groups in total. The van der Waals surface area contributed by atoms with Gasteiger partial charge in [-0.1, -0.05) is 18.5 Å². The van der Waals surface area contributed by atoms with Crippen LogP contribution in [0.2, 0.25) is 5.15 Å². The summed E-state index contributed by atoms with van der Waals surface area (Å²) in [5.41, 5.74) is 2.78. The molecule has 1 atom stereocenters. The van der Waals surface area contributed by atoms with Crippen LogP contribution < -0.4 is 16.6 Å². The van der Waals surface area contributed by atoms with Crippen LogP contribution in [-0.2, 0) is 4.74 Å². The van der Waals surface area contributed by atoms with Gasteiger partial charge in [0, 0.05) is 25.2 Å². The van der Waals surface area contributed by atoms with Gasteiger partial charge in [0.15, 0.2) is 0 Å². The molecule has 0 bridgehead atoms. The van der Waals surface area contributed by atoms with E-state index in [1.54, 1.807) is 6.07 Å². The van der Waals surface area contributed by atoms with E-state index in [9.17, 15) is 4.79 Å². The number of likely N-dealkylation sites (N-methyl/N-ethyl adjacent to an activating group) is 1. The molecule has 21 heavy (non-hydrogen) atoms. The molecule has 8 heteroatoms. The number of rotatable bonds is 5. The summed E-state index contributed by atoms with van der Waals surface area (Å²) in [6.45, 7) is 6.01. The van der Waals surface area contributed by atoms with E-state index in [1.165, 1.54) is 6.07 Å². The lowest BCUT2D eigenvalue weighted by atomic mass is 10.2. The summed E-state index contributed by atoms with van der Waals surface area (Å²) in [6, 6.07) is 3.04. The van der Waals surface area contributed by atoms with E-state index in [4.69, 9.17) is 22.2 Å². The molecule has 116 valence electrons. The minimum absolute atomic E-state index is 0.00654. The van der Waals surface area contributed by atoms with Crippen molar-refractivity contribution in [1.82, 2.24) is 15.2 Å². The Morgan fingerprint density at radius 2 is 2.43 bits per heavy atom. The van der Waals surface area contributed by atoms with Crippen molar-refractivity contribution in [3.8, 4) is 0 Å². The molecule has 1 amide bonds. The van der Waals surface area contributed by atoms with E-state index in [0.29, 0.717) is 24.5 Å². The summed E-state index contributed by atoms with van der Waals surface area (Å²) in [5.74, 6) is 5.40. The number of hydrogen-bond donors (Lipinski definition) is 3. The van der Waals surface area contributed by atoms with Crippen LogP contribution in [0.3, 0.4) is 0 Å². The summed E-state index contributed by atoms with van der Waals surface area (Å²) < 4.78 is 5.64. The van der Waals surface area contributed by atoms with Crippen LogP contribution in [0, 0.1) is 0 Å². The lowest BCUT2D eigenvalue weighted by Gasteiger charge is -2.32. The Balaban J connectivity index is 1.91. The predicted octanol–water partition coefficient (Wildman–Crippen LogP) is 0.471. The Kier molecular flexibility index (Phi) is 5.75. The van der Waals surface area contributed by atoms with Crippen molar-refractivity contribution in [2.45, 2.75) is 13.0 Å². The number of ether oxygens (including phenoxy) is 1. The fraction of sp³-hybridized carbons (Fsp3) is 0.538. The average Bonchev–Trinajstić information content (AvgIpc) is 2.52. The number of hydrazine groups is 1. The number of nitrogens with zero attached hydrogens (tertiary/aromatic N) is 2. The maximum Gasteiger partial charge on any atom is 0.251 e. The van der Waals surface area contributed by atoms with Crippen molar-refractivity contribution >= 4 is 23.3 Å². The molecule has 0 spiro atoms. The van der Waals surface area contributed by atoms with Crippen LogP contribution in [-0.4, -0.2) is 54.7 Å². The smallest absolute Gasteiger partial charge is 0.251 e. The van der Waals surface area contributed by atoms with Gasteiger partial charge in [-0.05, 0) is 18.7 Å². The summed E-state index contributed by atoms with van der Waals surface area (Å²) in [5, 5.41) is 3.06. The number of carbonyl (C=O) groups is 1. The fourth-order valence-electron chi connectivity index (χ4n) is 2.20. The van der Waals surface area contributed by atoms with E-state index < -0.39 is 0 Å². The van der Waals surface area contributed by atoms with Gasteiger partial charge in [-0.2, -0.15) is 0 Å². The predicted molar refractivity (Wildman–Crippen MR) is 81.2 cm³/mol. The zero-order chi connectivity index (χ0) is 15.2. The number of nitrogens with one attached hydrogen (secondary N) is 2. The van der Waals surface area contributed by atoms with Gasteiger partial charge in [-0.15, -0.1) is 0 Å². The molecule has 1 aliphatic rings. The summed E-state index contributed by atoms with van der Waals surface area (Å²) in [6.07, 6.45) is 0.00654. The number of hydrogen-bond acceptors (Lipinski definition) is 6. The first-order valence-corrected chi connectivity index (χ1v) is 7.26. The van der Waals surface area contributed by atoms with Crippen LogP contribution in [0.4, 0.5) is 5.82 Å². The van der Waals surface area contributed by atoms with Crippen molar-refractivity contribution in [1.29, 1.82) is 0 Å². The number of pyridine rings is 1. The number of morpholine rings is 1. The highest BCUT2D eigenvalue weighted by molar-refractivity contribution is 6.29. The van der Waals surface area contributed by atoms with Gasteiger partial charge in [0.1, 0.15) is 11.0 Å². The Labute approximate surface area is 128 Å². The molecule has 0 saturated carbocycles. The molecule has 2 heterocycles. The molecule has 0 aliphatic carbocycles. The summed E-state index contributed by atoms with van der Waals surface area (Å²) in [4.78, 5) is 18.3. The number of nitrogen functional groups attached to an aromatic ring is 1. The van der Waals surface area contributed by atoms with Gasteiger partial charge in [0.25, 0.3) is 5.91 Å². The lowest BCUT2D eigenvalue weighted by molar-refractivity contribution is -0.0246. The molecule has 1 aromatic rings. The fourth-order valence-corrected chi connectivity index (χ4v) is 2.41. The Hall–Kier alpha value is -1.41. The minimum Gasteiger partial charge on any atom is -0.374 e. The number of anilines is 1. The summed E-state index contributed by atoms with van der Waals surface area (Å²) >= 11 is 5.84. The molecule has 0 radical (unpaired) electrons. The summed E-state index contributed by atoms with van der Waals surface area (Å²) in [7, 11) is 0. The van der Waals surface area contributed by atoms with Crippen molar-refractivity contribution in [2.75, 3.05) is 38.2 Å². The van der Waals surface area contributed by atoms with E-state index in [2.05, 4.69) is 27.6 Å². The first-order chi connectivity index (χ1) is 10.1. The van der Waals surface area contributed by atoms with E-state index >= 15 is 0 Å². The number of amides is 1. The topological polar surface area (TPSA) is 92.5 Å². The van der Waals surface area contributed by atoms with Crippen LogP contribution >= 0.6 is 11.6 Å². The number of nitrogens with two attached hydrogens (primary N) is 1. The molecular weight excluding hydrogens is 294 g/mol. The van der Waals surface area contributed by atoms with Crippen LogP contribution in [0.25, 0.3) is 0 Å². The normalized spacial score (nSPS) is 19.3. The Morgan fingerprint density at radius 1 is 1.62 bits per heavy atom. The molecule has 1 saturated heterocycles. The zero-order valence-electron chi connectivity index (χ0n) is 11.9. The third kappa shape index (κ3) is 4.53. The lowest BCUT2D eigenvalue weighted by Crippen LogP contribution is -2.47. The number of carbonyl (C=O) groups excluding carboxylic acids is 1. The maximum absolute atomic E-state index is 12.1. The van der Waals surface area contributed by atoms with Crippen LogP contribution in [0.1, 0.15) is 17.3 Å². The molecule has 7 nitrogen and oxygen atoms in total. The van der Waals surface area contributed by atoms with Crippen LogP contribution in [0.15, 0.2) is 12.1 Å². The largest absolute Gasteiger partial charge is 0.374 e. The third-order valence-corrected chi connectivity index (χ3v) is 3.56. The average molecular weight is 314 g/mol. The minimum atomic E-state index is -0.229. The standard InChI is InChI=1S/C13H20ClN5O2/c1-2-19-3-4-21-10(8-19)7-16-13(20)9-5-11(14)17-12(6-9)18-15/h5-6,10H,2-4,7-8,15H2,1H3,(H,16,20)(H,17,18). The van der Waals surface area contributed by atoms with Crippen molar-refractivity contribution in [2.24, 2.45) is 5.84 Å². The second-order valence-corrected chi connectivity index (χ2v) is 5.19. The molecule has 1 aromatic heterocycles. The second kappa shape index (κ2) is 7.56. The van der Waals surface area contributed by atoms with Crippen molar-refractivity contribution < 1.29 is 9.53 Å². The Morgan fingerprint density at radius 3 is 3.14 bits per heavy atom. The highest BCUT2D eigenvalue weighted by atomic mass is 35.5. The molecule has 1 aliphatic heterocycles.